The number of amides is 1. The fourth-order valence-corrected chi connectivity index (χ4v) is 3.61. The molecule has 0 radical (unpaired) electrons. The molecule has 0 bridgehead atoms. The van der Waals surface area contributed by atoms with Gasteiger partial charge in [-0.2, -0.15) is 10.2 Å². The summed E-state index contributed by atoms with van der Waals surface area (Å²) >= 11 is 0. The molecule has 1 unspecified atom stereocenters. The molecule has 0 saturated carbocycles. The van der Waals surface area contributed by atoms with Crippen molar-refractivity contribution in [3.8, 4) is 0 Å². The highest BCUT2D eigenvalue weighted by Gasteiger charge is 2.29. The molecule has 0 aliphatic carbocycles. The highest BCUT2D eigenvalue weighted by Crippen LogP contribution is 2.23. The summed E-state index contributed by atoms with van der Waals surface area (Å²) in [6.07, 6.45) is 8.00. The lowest BCUT2D eigenvalue weighted by atomic mass is 9.98. The van der Waals surface area contributed by atoms with Crippen LogP contribution in [0.5, 0.6) is 0 Å². The summed E-state index contributed by atoms with van der Waals surface area (Å²) < 4.78 is 9.17. The second-order valence-electron chi connectivity index (χ2n) is 6.80. The first-order valence-electron chi connectivity index (χ1n) is 9.59. The SMILES string of the molecule is CCOCCn1nc(C)cc1C(=O)N1CCCCC1CCn1cccn1. The summed E-state index contributed by atoms with van der Waals surface area (Å²) in [5.74, 6) is 0.0901. The van der Waals surface area contributed by atoms with Crippen LogP contribution in [-0.4, -0.2) is 56.2 Å². The van der Waals surface area contributed by atoms with E-state index in [4.69, 9.17) is 4.74 Å². The van der Waals surface area contributed by atoms with Crippen molar-refractivity contribution in [2.75, 3.05) is 19.8 Å². The number of aromatic nitrogens is 4. The quantitative estimate of drug-likeness (QED) is 0.679. The van der Waals surface area contributed by atoms with Crippen molar-refractivity contribution in [3.63, 3.8) is 0 Å². The summed E-state index contributed by atoms with van der Waals surface area (Å²) in [6.45, 7) is 7.40. The number of hydrogen-bond acceptors (Lipinski definition) is 4. The Morgan fingerprint density at radius 3 is 3.00 bits per heavy atom. The van der Waals surface area contributed by atoms with Gasteiger partial charge in [-0.15, -0.1) is 0 Å². The van der Waals surface area contributed by atoms with Gasteiger partial charge in [-0.3, -0.25) is 14.2 Å². The predicted molar refractivity (Wildman–Crippen MR) is 99.0 cm³/mol. The number of aryl methyl sites for hydroxylation is 2. The van der Waals surface area contributed by atoms with Gasteiger partial charge in [-0.05, 0) is 51.7 Å². The highest BCUT2D eigenvalue weighted by molar-refractivity contribution is 5.93. The molecule has 2 aromatic rings. The van der Waals surface area contributed by atoms with Crippen LogP contribution >= 0.6 is 0 Å². The molecule has 0 aromatic carbocycles. The van der Waals surface area contributed by atoms with Crippen LogP contribution < -0.4 is 0 Å². The van der Waals surface area contributed by atoms with E-state index < -0.39 is 0 Å². The van der Waals surface area contributed by atoms with Crippen LogP contribution in [0.2, 0.25) is 0 Å². The number of ether oxygens (including phenoxy) is 1. The fraction of sp³-hybridized carbons (Fsp3) is 0.632. The molecule has 1 atom stereocenters. The zero-order valence-corrected chi connectivity index (χ0v) is 15.8. The maximum Gasteiger partial charge on any atom is 0.272 e. The topological polar surface area (TPSA) is 65.2 Å². The molecule has 142 valence electrons. The Kier molecular flexibility index (Phi) is 6.44. The van der Waals surface area contributed by atoms with Gasteiger partial charge >= 0.3 is 0 Å². The van der Waals surface area contributed by atoms with E-state index in [9.17, 15) is 4.79 Å². The van der Waals surface area contributed by atoms with Crippen LogP contribution in [-0.2, 0) is 17.8 Å². The third-order valence-electron chi connectivity index (χ3n) is 4.91. The fourth-order valence-electron chi connectivity index (χ4n) is 3.61. The van der Waals surface area contributed by atoms with E-state index in [0.29, 0.717) is 25.5 Å². The summed E-state index contributed by atoms with van der Waals surface area (Å²) in [7, 11) is 0. The minimum atomic E-state index is 0.0901. The molecule has 0 spiro atoms. The van der Waals surface area contributed by atoms with E-state index in [1.165, 1.54) is 6.42 Å². The number of rotatable bonds is 8. The third kappa shape index (κ3) is 4.52. The largest absolute Gasteiger partial charge is 0.380 e. The average Bonchev–Trinajstić information content (AvgIpc) is 3.29. The lowest BCUT2D eigenvalue weighted by molar-refractivity contribution is 0.0577. The maximum atomic E-state index is 13.2. The molecule has 1 amide bonds. The first-order valence-corrected chi connectivity index (χ1v) is 9.59. The van der Waals surface area contributed by atoms with E-state index in [1.807, 2.05) is 41.8 Å². The number of nitrogens with zero attached hydrogens (tertiary/aromatic N) is 5. The van der Waals surface area contributed by atoms with Crippen LogP contribution in [0.25, 0.3) is 0 Å². The third-order valence-corrected chi connectivity index (χ3v) is 4.91. The molecule has 26 heavy (non-hydrogen) atoms. The summed E-state index contributed by atoms with van der Waals surface area (Å²) in [6, 6.07) is 4.09. The Balaban J connectivity index is 1.69. The molecule has 1 saturated heterocycles. The molecule has 0 N–H and O–H groups in total. The van der Waals surface area contributed by atoms with E-state index in [2.05, 4.69) is 10.2 Å². The molecule has 2 aromatic heterocycles. The van der Waals surface area contributed by atoms with Crippen molar-refractivity contribution in [1.29, 1.82) is 0 Å². The second-order valence-corrected chi connectivity index (χ2v) is 6.80. The van der Waals surface area contributed by atoms with Crippen LogP contribution in [0.4, 0.5) is 0 Å². The summed E-state index contributed by atoms with van der Waals surface area (Å²) in [5, 5.41) is 8.76. The second kappa shape index (κ2) is 8.98. The first kappa shape index (κ1) is 18.6. The average molecular weight is 359 g/mol. The Hall–Kier alpha value is -2.15. The van der Waals surface area contributed by atoms with E-state index in [-0.39, 0.29) is 11.9 Å². The molecule has 1 aliphatic rings. The van der Waals surface area contributed by atoms with Gasteiger partial charge in [-0.1, -0.05) is 0 Å². The Labute approximate surface area is 154 Å². The number of piperidine rings is 1. The number of carbonyl (C=O) groups is 1. The maximum absolute atomic E-state index is 13.2. The Morgan fingerprint density at radius 2 is 2.23 bits per heavy atom. The van der Waals surface area contributed by atoms with Gasteiger partial charge in [0.25, 0.3) is 5.91 Å². The molecule has 1 fully saturated rings. The van der Waals surface area contributed by atoms with E-state index >= 15 is 0 Å². The molecule has 3 rings (SSSR count). The van der Waals surface area contributed by atoms with Gasteiger partial charge in [0, 0.05) is 38.1 Å². The van der Waals surface area contributed by atoms with Gasteiger partial charge in [0.2, 0.25) is 0 Å². The van der Waals surface area contributed by atoms with Crippen molar-refractivity contribution in [2.45, 2.75) is 58.7 Å². The first-order chi connectivity index (χ1) is 12.7. The van der Waals surface area contributed by atoms with Gasteiger partial charge in [0.15, 0.2) is 0 Å². The van der Waals surface area contributed by atoms with Gasteiger partial charge < -0.3 is 9.64 Å². The molecule has 3 heterocycles. The van der Waals surface area contributed by atoms with Crippen molar-refractivity contribution >= 4 is 5.91 Å². The molecular weight excluding hydrogens is 330 g/mol. The molecule has 1 aliphatic heterocycles. The van der Waals surface area contributed by atoms with Crippen LogP contribution in [0, 0.1) is 6.92 Å². The zero-order valence-electron chi connectivity index (χ0n) is 15.8. The van der Waals surface area contributed by atoms with Crippen LogP contribution in [0.3, 0.4) is 0 Å². The monoisotopic (exact) mass is 359 g/mol. The molecular formula is C19H29N5O2. The van der Waals surface area contributed by atoms with Crippen LogP contribution in [0.15, 0.2) is 24.5 Å². The van der Waals surface area contributed by atoms with Crippen molar-refractivity contribution in [3.05, 3.63) is 35.9 Å². The normalized spacial score (nSPS) is 17.6. The molecule has 7 heteroatoms. The Bertz CT molecular complexity index is 695. The number of hydrogen-bond donors (Lipinski definition) is 0. The van der Waals surface area contributed by atoms with E-state index in [1.54, 1.807) is 10.9 Å². The van der Waals surface area contributed by atoms with Crippen molar-refractivity contribution in [2.24, 2.45) is 0 Å². The van der Waals surface area contributed by atoms with Gasteiger partial charge in [-0.25, -0.2) is 0 Å². The number of likely N-dealkylation sites (tertiary alicyclic amines) is 1. The van der Waals surface area contributed by atoms with Gasteiger partial charge in [0.05, 0.1) is 18.8 Å². The Morgan fingerprint density at radius 1 is 1.35 bits per heavy atom. The minimum absolute atomic E-state index is 0.0901. The zero-order chi connectivity index (χ0) is 18.4. The lowest BCUT2D eigenvalue weighted by Crippen LogP contribution is -2.45. The van der Waals surface area contributed by atoms with Crippen LogP contribution in [0.1, 0.15) is 48.8 Å². The highest BCUT2D eigenvalue weighted by atomic mass is 16.5. The summed E-state index contributed by atoms with van der Waals surface area (Å²) in [5.41, 5.74) is 1.54. The lowest BCUT2D eigenvalue weighted by Gasteiger charge is -2.36. The number of carbonyl (C=O) groups excluding carboxylic acids is 1. The smallest absolute Gasteiger partial charge is 0.272 e. The summed E-state index contributed by atoms with van der Waals surface area (Å²) in [4.78, 5) is 15.3. The minimum Gasteiger partial charge on any atom is -0.380 e. The van der Waals surface area contributed by atoms with Gasteiger partial charge in [0.1, 0.15) is 5.69 Å². The van der Waals surface area contributed by atoms with Crippen molar-refractivity contribution < 1.29 is 9.53 Å². The molecule has 7 nitrogen and oxygen atoms in total. The van der Waals surface area contributed by atoms with E-state index in [0.717, 1.165) is 38.0 Å². The van der Waals surface area contributed by atoms with Crippen molar-refractivity contribution in [1.82, 2.24) is 24.5 Å². The predicted octanol–water partition coefficient (Wildman–Crippen LogP) is 2.51. The standard InChI is InChI=1S/C19H29N5O2/c1-3-26-14-13-24-18(15-16(2)21-24)19(25)23-11-5-4-7-17(23)8-12-22-10-6-9-20-22/h6,9-10,15,17H,3-5,7-8,11-14H2,1-2H3.